The molecule has 3 atom stereocenters. The van der Waals surface area contributed by atoms with Crippen LogP contribution in [0.4, 0.5) is 13.2 Å². The third kappa shape index (κ3) is 1.18. The number of rotatable bonds is 0. The van der Waals surface area contributed by atoms with Gasteiger partial charge in [-0.15, -0.1) is 0 Å². The standard InChI is InChI=1S/C12H9F3O3/c1-6-9-7-4-2-3-5-8(7)17-11(9,12(13,14)15)18-10(6)16/h2-6,9H,1H3/t6-,9+,11-/m1/s1. The Labute approximate surface area is 100 Å². The minimum atomic E-state index is -4.77. The lowest BCUT2D eigenvalue weighted by Gasteiger charge is -2.29. The molecule has 2 aliphatic rings. The molecule has 3 nitrogen and oxygen atoms in total. The van der Waals surface area contributed by atoms with Gasteiger partial charge in [0.1, 0.15) is 5.75 Å². The number of benzene rings is 1. The highest BCUT2D eigenvalue weighted by molar-refractivity contribution is 5.78. The normalized spacial score (nSPS) is 33.7. The molecule has 0 aromatic heterocycles. The summed E-state index contributed by atoms with van der Waals surface area (Å²) >= 11 is 0. The Morgan fingerprint density at radius 3 is 2.56 bits per heavy atom. The highest BCUT2D eigenvalue weighted by atomic mass is 19.4. The van der Waals surface area contributed by atoms with Crippen LogP contribution in [0.5, 0.6) is 5.75 Å². The maximum absolute atomic E-state index is 13.2. The van der Waals surface area contributed by atoms with Crippen LogP contribution in [0.15, 0.2) is 24.3 Å². The average molecular weight is 258 g/mol. The maximum atomic E-state index is 13.2. The molecule has 0 aliphatic carbocycles. The molecule has 2 aliphatic heterocycles. The van der Waals surface area contributed by atoms with E-state index in [2.05, 4.69) is 4.74 Å². The fourth-order valence-corrected chi connectivity index (χ4v) is 2.62. The summed E-state index contributed by atoms with van der Waals surface area (Å²) in [6, 6.07) is 6.17. The molecule has 1 aromatic rings. The number of hydrogen-bond donors (Lipinski definition) is 0. The predicted molar refractivity (Wildman–Crippen MR) is 53.9 cm³/mol. The molecule has 0 bridgehead atoms. The van der Waals surface area contributed by atoms with E-state index < -0.39 is 29.8 Å². The third-order valence-corrected chi connectivity index (χ3v) is 3.44. The van der Waals surface area contributed by atoms with Crippen LogP contribution in [0.2, 0.25) is 0 Å². The van der Waals surface area contributed by atoms with Crippen molar-refractivity contribution < 1.29 is 27.4 Å². The van der Waals surface area contributed by atoms with Crippen LogP contribution in [0.25, 0.3) is 0 Å². The number of ether oxygens (including phenoxy) is 2. The van der Waals surface area contributed by atoms with Crippen LogP contribution in [-0.4, -0.2) is 17.9 Å². The van der Waals surface area contributed by atoms with Crippen molar-refractivity contribution in [2.45, 2.75) is 24.8 Å². The number of fused-ring (bicyclic) bond motifs is 3. The molecular formula is C12H9F3O3. The molecule has 0 N–H and O–H groups in total. The van der Waals surface area contributed by atoms with Crippen molar-refractivity contribution >= 4 is 5.97 Å². The molecule has 6 heteroatoms. The lowest BCUT2D eigenvalue weighted by Crippen LogP contribution is -2.51. The molecule has 0 unspecified atom stereocenters. The summed E-state index contributed by atoms with van der Waals surface area (Å²) in [5.41, 5.74) is 0.369. The Kier molecular flexibility index (Phi) is 2.01. The zero-order valence-electron chi connectivity index (χ0n) is 9.32. The summed E-state index contributed by atoms with van der Waals surface area (Å²) in [4.78, 5) is 11.4. The van der Waals surface area contributed by atoms with Gasteiger partial charge < -0.3 is 9.47 Å². The summed E-state index contributed by atoms with van der Waals surface area (Å²) in [7, 11) is 0. The predicted octanol–water partition coefficient (Wildman–Crippen LogP) is 2.61. The average Bonchev–Trinajstić information content (AvgIpc) is 2.73. The SMILES string of the molecule is C[C@H]1C(=O)O[C@]2(C(F)(F)F)Oc3ccccc3[C@H]12. The van der Waals surface area contributed by atoms with Crippen molar-refractivity contribution in [3.05, 3.63) is 29.8 Å². The molecule has 18 heavy (non-hydrogen) atoms. The summed E-state index contributed by atoms with van der Waals surface area (Å²) < 4.78 is 49.1. The second kappa shape index (κ2) is 3.18. The van der Waals surface area contributed by atoms with Crippen LogP contribution in [0.3, 0.4) is 0 Å². The van der Waals surface area contributed by atoms with Gasteiger partial charge >= 0.3 is 17.9 Å². The van der Waals surface area contributed by atoms with Gasteiger partial charge in [0.05, 0.1) is 11.8 Å². The number of hydrogen-bond acceptors (Lipinski definition) is 3. The summed E-state index contributed by atoms with van der Waals surface area (Å²) in [5, 5.41) is 0. The highest BCUT2D eigenvalue weighted by Crippen LogP contribution is 2.59. The number of esters is 1. The molecule has 96 valence electrons. The lowest BCUT2D eigenvalue weighted by atomic mass is 9.84. The van der Waals surface area contributed by atoms with Gasteiger partial charge in [0, 0.05) is 5.56 Å². The van der Waals surface area contributed by atoms with Crippen molar-refractivity contribution in [3.8, 4) is 5.75 Å². The molecule has 0 amide bonds. The van der Waals surface area contributed by atoms with Gasteiger partial charge in [0.25, 0.3) is 0 Å². The van der Waals surface area contributed by atoms with Crippen molar-refractivity contribution in [3.63, 3.8) is 0 Å². The van der Waals surface area contributed by atoms with Gasteiger partial charge in [-0.3, -0.25) is 4.79 Å². The first kappa shape index (κ1) is 11.4. The molecule has 1 aromatic carbocycles. The maximum Gasteiger partial charge on any atom is 0.468 e. The molecule has 2 heterocycles. The van der Waals surface area contributed by atoms with E-state index in [1.807, 2.05) is 0 Å². The van der Waals surface area contributed by atoms with Crippen LogP contribution in [0.1, 0.15) is 18.4 Å². The van der Waals surface area contributed by atoms with E-state index in [1.165, 1.54) is 19.1 Å². The quantitative estimate of drug-likeness (QED) is 0.671. The minimum Gasteiger partial charge on any atom is -0.444 e. The van der Waals surface area contributed by atoms with E-state index in [9.17, 15) is 18.0 Å². The Bertz CT molecular complexity index is 526. The molecule has 0 saturated carbocycles. The molecule has 1 saturated heterocycles. The van der Waals surface area contributed by atoms with Gasteiger partial charge in [-0.25, -0.2) is 0 Å². The Balaban J connectivity index is 2.19. The largest absolute Gasteiger partial charge is 0.468 e. The van der Waals surface area contributed by atoms with Gasteiger partial charge in [0.2, 0.25) is 0 Å². The van der Waals surface area contributed by atoms with Crippen molar-refractivity contribution in [1.82, 2.24) is 0 Å². The van der Waals surface area contributed by atoms with Gasteiger partial charge in [-0.1, -0.05) is 25.1 Å². The van der Waals surface area contributed by atoms with E-state index in [0.717, 1.165) is 0 Å². The number of alkyl halides is 3. The molecular weight excluding hydrogens is 249 g/mol. The van der Waals surface area contributed by atoms with Crippen molar-refractivity contribution in [2.75, 3.05) is 0 Å². The monoisotopic (exact) mass is 258 g/mol. The van der Waals surface area contributed by atoms with E-state index in [0.29, 0.717) is 5.56 Å². The van der Waals surface area contributed by atoms with E-state index in [-0.39, 0.29) is 5.75 Å². The number of para-hydroxylation sites is 1. The zero-order valence-corrected chi connectivity index (χ0v) is 9.32. The first-order valence-electron chi connectivity index (χ1n) is 5.44. The highest BCUT2D eigenvalue weighted by Gasteiger charge is 2.75. The van der Waals surface area contributed by atoms with E-state index in [4.69, 9.17) is 4.74 Å². The summed E-state index contributed by atoms with van der Waals surface area (Å²) in [6.45, 7) is 1.42. The fraction of sp³-hybridized carbons (Fsp3) is 0.417. The van der Waals surface area contributed by atoms with Crippen LogP contribution in [0, 0.1) is 5.92 Å². The molecule has 0 spiro atoms. The Morgan fingerprint density at radius 2 is 1.89 bits per heavy atom. The van der Waals surface area contributed by atoms with Gasteiger partial charge in [0.15, 0.2) is 0 Å². The first-order chi connectivity index (χ1) is 8.37. The fourth-order valence-electron chi connectivity index (χ4n) is 2.62. The Hall–Kier alpha value is -1.72. The Morgan fingerprint density at radius 1 is 1.22 bits per heavy atom. The lowest BCUT2D eigenvalue weighted by molar-refractivity contribution is -0.327. The number of halogens is 3. The zero-order chi connectivity index (χ0) is 13.1. The molecule has 3 rings (SSSR count). The van der Waals surface area contributed by atoms with Gasteiger partial charge in [-0.05, 0) is 6.07 Å². The smallest absolute Gasteiger partial charge is 0.444 e. The minimum absolute atomic E-state index is 0.124. The summed E-state index contributed by atoms with van der Waals surface area (Å²) in [5.74, 6) is -5.63. The molecule has 1 fully saturated rings. The molecule has 0 radical (unpaired) electrons. The number of carbonyl (C=O) groups excluding carboxylic acids is 1. The van der Waals surface area contributed by atoms with E-state index in [1.54, 1.807) is 12.1 Å². The number of carbonyl (C=O) groups is 1. The van der Waals surface area contributed by atoms with E-state index >= 15 is 0 Å². The van der Waals surface area contributed by atoms with Crippen molar-refractivity contribution in [1.29, 1.82) is 0 Å². The second-order valence-corrected chi connectivity index (χ2v) is 4.49. The van der Waals surface area contributed by atoms with Crippen LogP contribution < -0.4 is 4.74 Å². The third-order valence-electron chi connectivity index (χ3n) is 3.44. The summed E-state index contributed by atoms with van der Waals surface area (Å²) in [6.07, 6.45) is -4.77. The van der Waals surface area contributed by atoms with Crippen LogP contribution in [-0.2, 0) is 9.53 Å². The van der Waals surface area contributed by atoms with Crippen molar-refractivity contribution in [2.24, 2.45) is 5.92 Å². The topological polar surface area (TPSA) is 35.5 Å². The van der Waals surface area contributed by atoms with Gasteiger partial charge in [-0.2, -0.15) is 13.2 Å². The van der Waals surface area contributed by atoms with Crippen LogP contribution >= 0.6 is 0 Å². The second-order valence-electron chi connectivity index (χ2n) is 4.49. The first-order valence-corrected chi connectivity index (χ1v) is 5.44.